The van der Waals surface area contributed by atoms with Gasteiger partial charge in [-0.05, 0) is 24.7 Å². The first kappa shape index (κ1) is 8.64. The van der Waals surface area contributed by atoms with E-state index in [0.717, 1.165) is 24.1 Å². The molecule has 0 N–H and O–H groups in total. The number of likely N-dealkylation sites (tertiary alicyclic amines) is 1. The van der Waals surface area contributed by atoms with E-state index < -0.39 is 0 Å². The molecule has 0 aromatic heterocycles. The van der Waals surface area contributed by atoms with E-state index in [9.17, 15) is 0 Å². The Hall–Kier alpha value is 0.0500. The van der Waals surface area contributed by atoms with Gasteiger partial charge in [-0.15, -0.1) is 0 Å². The summed E-state index contributed by atoms with van der Waals surface area (Å²) in [5, 5.41) is 0. The lowest BCUT2D eigenvalue weighted by molar-refractivity contribution is 0.243. The molecule has 0 radical (unpaired) electrons. The summed E-state index contributed by atoms with van der Waals surface area (Å²) in [6, 6.07) is 0. The van der Waals surface area contributed by atoms with Crippen LogP contribution in [-0.4, -0.2) is 30.3 Å². The molecule has 2 aliphatic rings. The Morgan fingerprint density at radius 2 is 1.92 bits per heavy atom. The summed E-state index contributed by atoms with van der Waals surface area (Å²) in [5.41, 5.74) is 1.26. The van der Waals surface area contributed by atoms with Crippen molar-refractivity contribution < 1.29 is 0 Å². The number of hydrogen-bond acceptors (Lipinski definition) is 2. The van der Waals surface area contributed by atoms with Crippen LogP contribution in [0.1, 0.15) is 12.8 Å². The molecule has 1 aliphatic carbocycles. The van der Waals surface area contributed by atoms with Crippen molar-refractivity contribution in [2.45, 2.75) is 12.8 Å². The van der Waals surface area contributed by atoms with Gasteiger partial charge in [-0.1, -0.05) is 12.2 Å². The Labute approximate surface area is 80.2 Å². The molecule has 0 aromatic carbocycles. The molecule has 1 saturated heterocycles. The van der Waals surface area contributed by atoms with Gasteiger partial charge in [0, 0.05) is 25.4 Å². The van der Waals surface area contributed by atoms with Gasteiger partial charge in [0.25, 0.3) is 0 Å². The number of nitrogens with zero attached hydrogens (tertiary/aromatic N) is 1. The second-order valence-electron chi connectivity index (χ2n) is 4.20. The molecule has 1 saturated carbocycles. The Morgan fingerprint density at radius 3 is 2.33 bits per heavy atom. The van der Waals surface area contributed by atoms with Gasteiger partial charge in [0.05, 0.1) is 0 Å². The van der Waals surface area contributed by atoms with Crippen LogP contribution < -0.4 is 0 Å². The van der Waals surface area contributed by atoms with Crippen molar-refractivity contribution in [2.24, 2.45) is 11.8 Å². The Morgan fingerprint density at radius 1 is 1.33 bits per heavy atom. The molecule has 1 heterocycles. The highest BCUT2D eigenvalue weighted by atomic mass is 32.1. The van der Waals surface area contributed by atoms with E-state index in [-0.39, 0.29) is 0 Å². The molecule has 2 atom stereocenters. The molecule has 0 amide bonds. The van der Waals surface area contributed by atoms with E-state index in [4.69, 9.17) is 0 Å². The van der Waals surface area contributed by atoms with E-state index >= 15 is 0 Å². The maximum absolute atomic E-state index is 4.22. The summed E-state index contributed by atoms with van der Waals surface area (Å²) in [7, 11) is 0. The number of rotatable bonds is 3. The molecule has 68 valence electrons. The fourth-order valence-corrected chi connectivity index (χ4v) is 2.45. The van der Waals surface area contributed by atoms with Crippen LogP contribution >= 0.6 is 12.6 Å². The van der Waals surface area contributed by atoms with Gasteiger partial charge in [0.1, 0.15) is 0 Å². The molecule has 2 rings (SSSR count). The van der Waals surface area contributed by atoms with Gasteiger partial charge < -0.3 is 0 Å². The minimum absolute atomic E-state index is 0.839. The van der Waals surface area contributed by atoms with Crippen LogP contribution in [0.15, 0.2) is 12.2 Å². The van der Waals surface area contributed by atoms with Crippen LogP contribution in [0.5, 0.6) is 0 Å². The van der Waals surface area contributed by atoms with Crippen LogP contribution in [0.4, 0.5) is 0 Å². The Balaban J connectivity index is 1.79. The number of fused-ring (bicyclic) bond motifs is 1. The van der Waals surface area contributed by atoms with Crippen molar-refractivity contribution in [3.8, 4) is 0 Å². The summed E-state index contributed by atoms with van der Waals surface area (Å²) in [4.78, 5) is 2.54. The highest BCUT2D eigenvalue weighted by molar-refractivity contribution is 7.80. The second-order valence-corrected chi connectivity index (χ2v) is 4.52. The van der Waals surface area contributed by atoms with E-state index in [1.807, 2.05) is 0 Å². The summed E-state index contributed by atoms with van der Waals surface area (Å²) >= 11 is 4.22. The molecule has 12 heavy (non-hydrogen) atoms. The lowest BCUT2D eigenvalue weighted by Gasteiger charge is -2.28. The largest absolute Gasteiger partial charge is 0.299 e. The fourth-order valence-electron chi connectivity index (χ4n) is 2.35. The van der Waals surface area contributed by atoms with Gasteiger partial charge in [0.2, 0.25) is 0 Å². The zero-order valence-electron chi connectivity index (χ0n) is 7.50. The average Bonchev–Trinajstić information content (AvgIpc) is 2.30. The fraction of sp³-hybridized carbons (Fsp3) is 0.800. The number of hydrogen-bond donors (Lipinski definition) is 1. The van der Waals surface area contributed by atoms with Gasteiger partial charge >= 0.3 is 0 Å². The van der Waals surface area contributed by atoms with Crippen molar-refractivity contribution in [3.63, 3.8) is 0 Å². The van der Waals surface area contributed by atoms with Crippen LogP contribution in [-0.2, 0) is 0 Å². The minimum atomic E-state index is 0.839. The summed E-state index contributed by atoms with van der Waals surface area (Å²) in [6.07, 6.45) is 2.93. The van der Waals surface area contributed by atoms with Crippen molar-refractivity contribution in [1.29, 1.82) is 0 Å². The topological polar surface area (TPSA) is 3.24 Å². The lowest BCUT2D eigenvalue weighted by atomic mass is 9.77. The lowest BCUT2D eigenvalue weighted by Crippen LogP contribution is -2.23. The SMILES string of the molecule is C=C(CS)CN1CC2CCC2C1. The van der Waals surface area contributed by atoms with Crippen LogP contribution in [0.2, 0.25) is 0 Å². The quantitative estimate of drug-likeness (QED) is 0.516. The Bertz CT molecular complexity index is 178. The molecule has 2 unspecified atom stereocenters. The standard InChI is InChI=1S/C10H17NS/c1-8(7-12)4-11-5-9-2-3-10(9)6-11/h9-10,12H,1-7H2. The molecular weight excluding hydrogens is 166 g/mol. The summed E-state index contributed by atoms with van der Waals surface area (Å²) < 4.78 is 0. The molecule has 2 heteroatoms. The first-order valence-corrected chi connectivity index (χ1v) is 5.42. The summed E-state index contributed by atoms with van der Waals surface area (Å²) in [6.45, 7) is 7.70. The second kappa shape index (κ2) is 3.43. The van der Waals surface area contributed by atoms with Gasteiger partial charge in [-0.25, -0.2) is 0 Å². The predicted molar refractivity (Wildman–Crippen MR) is 55.6 cm³/mol. The third-order valence-corrected chi connectivity index (χ3v) is 3.68. The smallest absolute Gasteiger partial charge is 0.0198 e. The Kier molecular flexibility index (Phi) is 2.47. The van der Waals surface area contributed by atoms with Crippen LogP contribution in [0, 0.1) is 11.8 Å². The highest BCUT2D eigenvalue weighted by Crippen LogP contribution is 2.40. The van der Waals surface area contributed by atoms with E-state index in [2.05, 4.69) is 24.1 Å². The van der Waals surface area contributed by atoms with Crippen molar-refractivity contribution in [3.05, 3.63) is 12.2 Å². The highest BCUT2D eigenvalue weighted by Gasteiger charge is 2.38. The maximum atomic E-state index is 4.22. The van der Waals surface area contributed by atoms with Gasteiger partial charge in [-0.2, -0.15) is 12.6 Å². The van der Waals surface area contributed by atoms with Crippen LogP contribution in [0.3, 0.4) is 0 Å². The van der Waals surface area contributed by atoms with E-state index in [1.165, 1.54) is 31.5 Å². The van der Waals surface area contributed by atoms with Crippen molar-refractivity contribution >= 4 is 12.6 Å². The minimum Gasteiger partial charge on any atom is -0.299 e. The first-order chi connectivity index (χ1) is 5.79. The molecule has 1 nitrogen and oxygen atoms in total. The maximum Gasteiger partial charge on any atom is 0.0198 e. The van der Waals surface area contributed by atoms with Crippen molar-refractivity contribution in [2.75, 3.05) is 25.4 Å². The summed E-state index contributed by atoms with van der Waals surface area (Å²) in [5.74, 6) is 2.89. The normalized spacial score (nSPS) is 34.4. The molecule has 0 spiro atoms. The monoisotopic (exact) mass is 183 g/mol. The third kappa shape index (κ3) is 1.55. The van der Waals surface area contributed by atoms with E-state index in [1.54, 1.807) is 0 Å². The number of thiol groups is 1. The first-order valence-electron chi connectivity index (χ1n) is 4.79. The molecule has 0 bridgehead atoms. The zero-order valence-corrected chi connectivity index (χ0v) is 8.39. The van der Waals surface area contributed by atoms with E-state index in [0.29, 0.717) is 0 Å². The average molecular weight is 183 g/mol. The molecular formula is C10H17NS. The van der Waals surface area contributed by atoms with Crippen LogP contribution in [0.25, 0.3) is 0 Å². The zero-order chi connectivity index (χ0) is 8.55. The molecule has 2 fully saturated rings. The van der Waals surface area contributed by atoms with Gasteiger partial charge in [-0.3, -0.25) is 4.90 Å². The predicted octanol–water partition coefficient (Wildman–Crippen LogP) is 1.81. The molecule has 1 aliphatic heterocycles. The third-order valence-electron chi connectivity index (χ3n) is 3.23. The molecule has 0 aromatic rings. The van der Waals surface area contributed by atoms with Gasteiger partial charge in [0.15, 0.2) is 0 Å². The van der Waals surface area contributed by atoms with Crippen molar-refractivity contribution in [1.82, 2.24) is 4.90 Å².